The number of pyridine rings is 1. The molecule has 8 nitrogen and oxygen atoms in total. The third-order valence-corrected chi connectivity index (χ3v) is 7.85. The second-order valence-electron chi connectivity index (χ2n) is 8.87. The predicted octanol–water partition coefficient (Wildman–Crippen LogP) is 4.10. The zero-order chi connectivity index (χ0) is 24.6. The van der Waals surface area contributed by atoms with E-state index >= 15 is 0 Å². The Labute approximate surface area is 205 Å². The van der Waals surface area contributed by atoms with E-state index < -0.39 is 10.0 Å². The number of rotatable bonds is 6. The first-order chi connectivity index (χ1) is 16.9. The molecule has 1 saturated heterocycles. The van der Waals surface area contributed by atoms with Crippen molar-refractivity contribution in [3.63, 3.8) is 0 Å². The number of benzene rings is 2. The first kappa shape index (κ1) is 23.2. The van der Waals surface area contributed by atoms with Crippen molar-refractivity contribution >= 4 is 32.4 Å². The summed E-state index contributed by atoms with van der Waals surface area (Å²) in [6.45, 7) is 5.70. The lowest BCUT2D eigenvalue weighted by atomic mass is 10.0. The van der Waals surface area contributed by atoms with Gasteiger partial charge in [0.15, 0.2) is 0 Å². The number of H-pyrrole nitrogens is 1. The van der Waals surface area contributed by atoms with Crippen LogP contribution >= 0.6 is 0 Å². The van der Waals surface area contributed by atoms with Crippen LogP contribution in [0.1, 0.15) is 5.56 Å². The average molecular weight is 492 g/mol. The van der Waals surface area contributed by atoms with Crippen molar-refractivity contribution in [2.45, 2.75) is 11.8 Å². The number of ether oxygens (including phenoxy) is 1. The van der Waals surface area contributed by atoms with Gasteiger partial charge in [-0.25, -0.2) is 13.4 Å². The molecule has 0 unspecified atom stereocenters. The number of sulfonamides is 1. The molecule has 0 atom stereocenters. The number of aromatic nitrogens is 2. The van der Waals surface area contributed by atoms with Crippen molar-refractivity contribution in [1.82, 2.24) is 14.9 Å². The highest BCUT2D eigenvalue weighted by Gasteiger charge is 2.22. The van der Waals surface area contributed by atoms with Crippen LogP contribution in [0.5, 0.6) is 5.75 Å². The van der Waals surface area contributed by atoms with Gasteiger partial charge in [-0.1, -0.05) is 18.2 Å². The molecule has 2 N–H and O–H groups in total. The Morgan fingerprint density at radius 2 is 1.80 bits per heavy atom. The van der Waals surface area contributed by atoms with E-state index in [1.54, 1.807) is 43.6 Å². The lowest BCUT2D eigenvalue weighted by molar-refractivity contribution is 0.312. The van der Waals surface area contributed by atoms with Crippen LogP contribution in [0.4, 0.5) is 11.4 Å². The van der Waals surface area contributed by atoms with Gasteiger partial charge < -0.3 is 19.5 Å². The molecule has 2 aromatic carbocycles. The number of piperazine rings is 1. The van der Waals surface area contributed by atoms with Crippen molar-refractivity contribution < 1.29 is 13.2 Å². The maximum Gasteiger partial charge on any atom is 0.261 e. The first-order valence-corrected chi connectivity index (χ1v) is 13.0. The van der Waals surface area contributed by atoms with Crippen LogP contribution in [-0.4, -0.2) is 63.6 Å². The van der Waals surface area contributed by atoms with Crippen LogP contribution in [0, 0.1) is 6.92 Å². The number of anilines is 2. The molecule has 3 heterocycles. The van der Waals surface area contributed by atoms with E-state index in [0.717, 1.165) is 59.7 Å². The van der Waals surface area contributed by atoms with Gasteiger partial charge in [-0.05, 0) is 49.4 Å². The molecular weight excluding hydrogens is 462 g/mol. The average Bonchev–Trinajstić information content (AvgIpc) is 3.31. The molecule has 4 aromatic rings. The zero-order valence-corrected chi connectivity index (χ0v) is 20.9. The molecule has 182 valence electrons. The minimum atomic E-state index is -3.78. The lowest BCUT2D eigenvalue weighted by Gasteiger charge is -2.34. The molecule has 1 aliphatic heterocycles. The second-order valence-corrected chi connectivity index (χ2v) is 10.6. The normalized spacial score (nSPS) is 14.9. The Morgan fingerprint density at radius 3 is 2.51 bits per heavy atom. The summed E-state index contributed by atoms with van der Waals surface area (Å²) < 4.78 is 34.8. The van der Waals surface area contributed by atoms with E-state index in [4.69, 9.17) is 4.74 Å². The Morgan fingerprint density at radius 1 is 1.06 bits per heavy atom. The summed E-state index contributed by atoms with van der Waals surface area (Å²) in [7, 11) is 0.0158. The van der Waals surface area contributed by atoms with Crippen LogP contribution in [0.3, 0.4) is 0 Å². The summed E-state index contributed by atoms with van der Waals surface area (Å²) >= 11 is 0. The molecule has 0 aliphatic carbocycles. The number of nitrogens with zero attached hydrogens (tertiary/aromatic N) is 3. The first-order valence-electron chi connectivity index (χ1n) is 11.5. The van der Waals surface area contributed by atoms with Gasteiger partial charge in [0, 0.05) is 55.9 Å². The number of fused-ring (bicyclic) bond motifs is 1. The van der Waals surface area contributed by atoms with Crippen molar-refractivity contribution in [3.05, 3.63) is 66.5 Å². The van der Waals surface area contributed by atoms with Gasteiger partial charge in [-0.3, -0.25) is 4.72 Å². The van der Waals surface area contributed by atoms with Gasteiger partial charge in [-0.2, -0.15) is 0 Å². The molecule has 0 saturated carbocycles. The molecule has 0 radical (unpaired) electrons. The van der Waals surface area contributed by atoms with Gasteiger partial charge in [0.05, 0.1) is 23.1 Å². The fraction of sp³-hybridized carbons (Fsp3) is 0.269. The second kappa shape index (κ2) is 9.24. The largest absolute Gasteiger partial charge is 0.497 e. The topological polar surface area (TPSA) is 90.6 Å². The number of methoxy groups -OCH3 is 1. The molecule has 0 amide bonds. The highest BCUT2D eigenvalue weighted by Crippen LogP contribution is 2.39. The minimum absolute atomic E-state index is 0.209. The molecule has 2 aromatic heterocycles. The minimum Gasteiger partial charge on any atom is -0.497 e. The number of nitrogens with one attached hydrogen (secondary N) is 2. The highest BCUT2D eigenvalue weighted by atomic mass is 32.2. The molecule has 0 spiro atoms. The van der Waals surface area contributed by atoms with Crippen LogP contribution in [0.2, 0.25) is 0 Å². The van der Waals surface area contributed by atoms with E-state index in [1.807, 2.05) is 25.3 Å². The molecule has 0 bridgehead atoms. The van der Waals surface area contributed by atoms with Gasteiger partial charge >= 0.3 is 0 Å². The Kier molecular flexibility index (Phi) is 6.12. The summed E-state index contributed by atoms with van der Waals surface area (Å²) in [5, 5.41) is 0.724. The van der Waals surface area contributed by atoms with E-state index in [2.05, 4.69) is 37.6 Å². The smallest absolute Gasteiger partial charge is 0.261 e. The van der Waals surface area contributed by atoms with Crippen LogP contribution in [0.15, 0.2) is 65.8 Å². The third-order valence-electron chi connectivity index (χ3n) is 6.49. The van der Waals surface area contributed by atoms with Gasteiger partial charge in [0.1, 0.15) is 11.4 Å². The quantitative estimate of drug-likeness (QED) is 0.422. The highest BCUT2D eigenvalue weighted by molar-refractivity contribution is 7.92. The number of likely N-dealkylation sites (N-methyl/N-ethyl adjacent to an activating group) is 1. The van der Waals surface area contributed by atoms with E-state index in [0.29, 0.717) is 11.3 Å². The Hall–Kier alpha value is -3.56. The maximum atomic E-state index is 13.2. The summed E-state index contributed by atoms with van der Waals surface area (Å²) in [6.07, 6.45) is 3.55. The summed E-state index contributed by atoms with van der Waals surface area (Å²) in [4.78, 5) is 12.6. The molecule has 5 rings (SSSR count). The lowest BCUT2D eigenvalue weighted by Crippen LogP contribution is -2.44. The summed E-state index contributed by atoms with van der Waals surface area (Å²) in [5.41, 5.74) is 4.72. The van der Waals surface area contributed by atoms with Crippen molar-refractivity contribution in [1.29, 1.82) is 0 Å². The van der Waals surface area contributed by atoms with Crippen LogP contribution < -0.4 is 14.4 Å². The fourth-order valence-electron chi connectivity index (χ4n) is 4.45. The summed E-state index contributed by atoms with van der Waals surface area (Å²) in [5.74, 6) is 0.748. The summed E-state index contributed by atoms with van der Waals surface area (Å²) in [6, 6.07) is 14.5. The standard InChI is InChI=1S/C26H29N5O3S/c1-18-16-27-26-24(25(18)29-35(32,33)22-7-5-4-6-8-22)23(17-28-26)19-13-20(15-21(14-19)34-3)31-11-9-30(2)10-12-31/h4-8,13-17H,9-12H2,1-3H3,(H2,27,28,29). The van der Waals surface area contributed by atoms with Gasteiger partial charge in [-0.15, -0.1) is 0 Å². The van der Waals surface area contributed by atoms with Crippen LogP contribution in [-0.2, 0) is 10.0 Å². The van der Waals surface area contributed by atoms with E-state index in [1.165, 1.54) is 0 Å². The molecule has 9 heteroatoms. The van der Waals surface area contributed by atoms with Crippen LogP contribution in [0.25, 0.3) is 22.2 Å². The third kappa shape index (κ3) is 4.56. The number of aryl methyl sites for hydroxylation is 1. The van der Waals surface area contributed by atoms with Crippen molar-refractivity contribution in [3.8, 4) is 16.9 Å². The van der Waals surface area contributed by atoms with E-state index in [9.17, 15) is 8.42 Å². The SMILES string of the molecule is COc1cc(-c2c[nH]c3ncc(C)c(NS(=O)(=O)c4ccccc4)c23)cc(N2CCN(C)CC2)c1. The monoisotopic (exact) mass is 491 g/mol. The zero-order valence-electron chi connectivity index (χ0n) is 20.1. The van der Waals surface area contributed by atoms with E-state index in [-0.39, 0.29) is 4.90 Å². The van der Waals surface area contributed by atoms with Gasteiger partial charge in [0.25, 0.3) is 10.0 Å². The number of aromatic amines is 1. The molecule has 1 aliphatic rings. The Bertz CT molecular complexity index is 1460. The predicted molar refractivity (Wildman–Crippen MR) is 140 cm³/mol. The number of hydrogen-bond acceptors (Lipinski definition) is 6. The maximum absolute atomic E-state index is 13.2. The van der Waals surface area contributed by atoms with Crippen molar-refractivity contribution in [2.24, 2.45) is 0 Å². The van der Waals surface area contributed by atoms with Gasteiger partial charge in [0.2, 0.25) is 0 Å². The molecule has 1 fully saturated rings. The molecule has 35 heavy (non-hydrogen) atoms. The number of hydrogen-bond donors (Lipinski definition) is 2. The fourth-order valence-corrected chi connectivity index (χ4v) is 5.61. The Balaban J connectivity index is 1.62. The van der Waals surface area contributed by atoms with Crippen molar-refractivity contribution in [2.75, 3.05) is 50.0 Å². The molecular formula is C26H29N5O3S.